The summed E-state index contributed by atoms with van der Waals surface area (Å²) in [5.41, 5.74) is 0. The van der Waals surface area contributed by atoms with Gasteiger partial charge in [-0.15, -0.1) is 0 Å². The number of carbonyl (C=O) groups is 1. The van der Waals surface area contributed by atoms with E-state index in [4.69, 9.17) is 0 Å². The van der Waals surface area contributed by atoms with Crippen LogP contribution in [0.5, 0.6) is 0 Å². The lowest BCUT2D eigenvalue weighted by Gasteiger charge is -2.24. The number of rotatable bonds is 2. The van der Waals surface area contributed by atoms with E-state index in [1.54, 1.807) is 11.9 Å². The molecule has 2 nitrogen and oxygen atoms in total. The first-order valence-corrected chi connectivity index (χ1v) is 5.67. The average Bonchev–Trinajstić information content (AvgIpc) is 2.23. The fraction of sp³-hybridized carbons (Fsp3) is 0.364. The summed E-state index contributed by atoms with van der Waals surface area (Å²) in [6, 6.07) is 10.1. The summed E-state index contributed by atoms with van der Waals surface area (Å²) in [5, 5.41) is 0. The van der Waals surface area contributed by atoms with Gasteiger partial charge in [-0.05, 0) is 36.9 Å². The molecule has 0 bridgehead atoms. The number of amides is 1. The predicted molar refractivity (Wildman–Crippen MR) is 57.9 cm³/mol. The maximum Gasteiger partial charge on any atom is 0.232 e. The Morgan fingerprint density at radius 2 is 1.93 bits per heavy atom. The van der Waals surface area contributed by atoms with Crippen molar-refractivity contribution in [3.63, 3.8) is 0 Å². The molecule has 14 heavy (non-hydrogen) atoms. The van der Waals surface area contributed by atoms with E-state index in [2.05, 4.69) is 0 Å². The molecule has 1 aromatic rings. The van der Waals surface area contributed by atoms with Crippen LogP contribution in [-0.4, -0.2) is 16.8 Å². The molecule has 0 aliphatic carbocycles. The van der Waals surface area contributed by atoms with E-state index < -0.39 is 0 Å². The summed E-state index contributed by atoms with van der Waals surface area (Å²) in [7, 11) is 0. The second-order valence-corrected chi connectivity index (χ2v) is 4.45. The second kappa shape index (κ2) is 4.51. The van der Waals surface area contributed by atoms with Gasteiger partial charge >= 0.3 is 0 Å². The fourth-order valence-electron chi connectivity index (χ4n) is 1.49. The molecular weight excluding hydrogens is 194 g/mol. The SMILES string of the molecule is O=C1CCCCN1Sc1ccccc1. The molecule has 0 atom stereocenters. The maximum absolute atomic E-state index is 11.5. The van der Waals surface area contributed by atoms with Crippen LogP contribution in [0.2, 0.25) is 0 Å². The van der Waals surface area contributed by atoms with Gasteiger partial charge in [-0.3, -0.25) is 9.10 Å². The molecule has 1 amide bonds. The number of hydrogen-bond acceptors (Lipinski definition) is 2. The maximum atomic E-state index is 11.5. The zero-order chi connectivity index (χ0) is 9.80. The van der Waals surface area contributed by atoms with Gasteiger partial charge in [0.15, 0.2) is 0 Å². The van der Waals surface area contributed by atoms with Crippen molar-refractivity contribution in [1.82, 2.24) is 4.31 Å². The lowest BCUT2D eigenvalue weighted by atomic mass is 10.2. The zero-order valence-corrected chi connectivity index (χ0v) is 8.80. The third-order valence-electron chi connectivity index (χ3n) is 2.24. The number of carbonyl (C=O) groups excluding carboxylic acids is 1. The van der Waals surface area contributed by atoms with Gasteiger partial charge in [0.25, 0.3) is 0 Å². The second-order valence-electron chi connectivity index (χ2n) is 3.36. The van der Waals surface area contributed by atoms with Crippen molar-refractivity contribution in [3.05, 3.63) is 30.3 Å². The third kappa shape index (κ3) is 2.29. The Labute approximate surface area is 88.4 Å². The van der Waals surface area contributed by atoms with Gasteiger partial charge in [0.2, 0.25) is 5.91 Å². The van der Waals surface area contributed by atoms with Crippen molar-refractivity contribution in [1.29, 1.82) is 0 Å². The highest BCUT2D eigenvalue weighted by Gasteiger charge is 2.18. The number of benzene rings is 1. The highest BCUT2D eigenvalue weighted by atomic mass is 32.2. The summed E-state index contributed by atoms with van der Waals surface area (Å²) in [4.78, 5) is 12.6. The van der Waals surface area contributed by atoms with Crippen molar-refractivity contribution < 1.29 is 4.79 Å². The molecule has 0 aromatic heterocycles. The van der Waals surface area contributed by atoms with Crippen LogP contribution in [0.1, 0.15) is 19.3 Å². The molecule has 1 heterocycles. The molecule has 1 saturated heterocycles. The molecular formula is C11H13NOS. The molecule has 1 fully saturated rings. The van der Waals surface area contributed by atoms with Gasteiger partial charge in [0.1, 0.15) is 0 Å². The predicted octanol–water partition coefficient (Wildman–Crippen LogP) is 2.71. The highest BCUT2D eigenvalue weighted by Crippen LogP contribution is 2.26. The fourth-order valence-corrected chi connectivity index (χ4v) is 2.43. The van der Waals surface area contributed by atoms with Crippen LogP contribution in [0.15, 0.2) is 35.2 Å². The van der Waals surface area contributed by atoms with Gasteiger partial charge in [0, 0.05) is 17.9 Å². The number of nitrogens with zero attached hydrogens (tertiary/aromatic N) is 1. The van der Waals surface area contributed by atoms with Crippen molar-refractivity contribution >= 4 is 17.9 Å². The van der Waals surface area contributed by atoms with E-state index in [-0.39, 0.29) is 5.91 Å². The average molecular weight is 207 g/mol. The van der Waals surface area contributed by atoms with Crippen molar-refractivity contribution in [2.24, 2.45) is 0 Å². The van der Waals surface area contributed by atoms with Gasteiger partial charge in [0.05, 0.1) is 0 Å². The molecule has 1 aliphatic heterocycles. The first-order chi connectivity index (χ1) is 6.86. The van der Waals surface area contributed by atoms with Gasteiger partial charge in [-0.25, -0.2) is 0 Å². The molecule has 0 saturated carbocycles. The Bertz CT molecular complexity index is 312. The summed E-state index contributed by atoms with van der Waals surface area (Å²) in [6.45, 7) is 0.887. The van der Waals surface area contributed by atoms with Crippen LogP contribution in [0.4, 0.5) is 0 Å². The molecule has 2 rings (SSSR count). The van der Waals surface area contributed by atoms with Crippen LogP contribution in [0.3, 0.4) is 0 Å². The van der Waals surface area contributed by atoms with Crippen LogP contribution in [0, 0.1) is 0 Å². The Hall–Kier alpha value is -0.960. The van der Waals surface area contributed by atoms with E-state index in [0.29, 0.717) is 6.42 Å². The zero-order valence-electron chi connectivity index (χ0n) is 7.98. The molecule has 0 N–H and O–H groups in total. The monoisotopic (exact) mass is 207 g/mol. The first kappa shape index (κ1) is 9.59. The minimum atomic E-state index is 0.269. The van der Waals surface area contributed by atoms with Gasteiger partial charge < -0.3 is 0 Å². The molecule has 0 unspecified atom stereocenters. The van der Waals surface area contributed by atoms with Crippen molar-refractivity contribution in [2.45, 2.75) is 24.2 Å². The van der Waals surface area contributed by atoms with E-state index in [9.17, 15) is 4.79 Å². The normalized spacial score (nSPS) is 17.1. The number of piperidine rings is 1. The summed E-state index contributed by atoms with van der Waals surface area (Å²) in [5.74, 6) is 0.269. The Kier molecular flexibility index (Phi) is 3.09. The lowest BCUT2D eigenvalue weighted by molar-refractivity contribution is -0.127. The van der Waals surface area contributed by atoms with Gasteiger partial charge in [-0.1, -0.05) is 18.2 Å². The first-order valence-electron chi connectivity index (χ1n) is 4.89. The van der Waals surface area contributed by atoms with Gasteiger partial charge in [-0.2, -0.15) is 0 Å². The lowest BCUT2D eigenvalue weighted by Crippen LogP contribution is -2.29. The standard InChI is InChI=1S/C11H13NOS/c13-11-8-4-5-9-12(11)14-10-6-2-1-3-7-10/h1-3,6-7H,4-5,8-9H2. The Morgan fingerprint density at radius 3 is 2.64 bits per heavy atom. The smallest absolute Gasteiger partial charge is 0.232 e. The molecule has 0 radical (unpaired) electrons. The molecule has 74 valence electrons. The molecule has 0 spiro atoms. The van der Waals surface area contributed by atoms with E-state index in [0.717, 1.165) is 24.3 Å². The molecule has 1 aromatic carbocycles. The van der Waals surface area contributed by atoms with Crippen LogP contribution in [-0.2, 0) is 4.79 Å². The third-order valence-corrected chi connectivity index (χ3v) is 3.33. The van der Waals surface area contributed by atoms with Crippen molar-refractivity contribution in [2.75, 3.05) is 6.54 Å². The van der Waals surface area contributed by atoms with Crippen LogP contribution in [0.25, 0.3) is 0 Å². The Balaban J connectivity index is 2.00. The minimum absolute atomic E-state index is 0.269. The van der Waals surface area contributed by atoms with Crippen LogP contribution < -0.4 is 0 Å². The van der Waals surface area contributed by atoms with Crippen LogP contribution >= 0.6 is 11.9 Å². The van der Waals surface area contributed by atoms with E-state index >= 15 is 0 Å². The topological polar surface area (TPSA) is 20.3 Å². The highest BCUT2D eigenvalue weighted by molar-refractivity contribution is 7.97. The summed E-state index contributed by atoms with van der Waals surface area (Å²) >= 11 is 1.56. The summed E-state index contributed by atoms with van der Waals surface area (Å²) in [6.07, 6.45) is 2.89. The molecule has 1 aliphatic rings. The van der Waals surface area contributed by atoms with E-state index in [1.807, 2.05) is 34.6 Å². The van der Waals surface area contributed by atoms with E-state index in [1.165, 1.54) is 0 Å². The minimum Gasteiger partial charge on any atom is -0.282 e. The molecule has 3 heteroatoms. The quantitative estimate of drug-likeness (QED) is 0.695. The number of hydrogen-bond donors (Lipinski definition) is 0. The summed E-state index contributed by atoms with van der Waals surface area (Å²) < 4.78 is 1.87. The Morgan fingerprint density at radius 1 is 1.14 bits per heavy atom. The van der Waals surface area contributed by atoms with Crippen molar-refractivity contribution in [3.8, 4) is 0 Å². The largest absolute Gasteiger partial charge is 0.282 e.